The van der Waals surface area contributed by atoms with Gasteiger partial charge in [0.2, 0.25) is 0 Å². The van der Waals surface area contributed by atoms with Gasteiger partial charge in [0.15, 0.2) is 0 Å². The van der Waals surface area contributed by atoms with E-state index in [1.54, 1.807) is 0 Å². The molecule has 0 fully saturated rings. The first-order chi connectivity index (χ1) is 6.00. The average Bonchev–Trinajstić information content (AvgIpc) is 2.01. The van der Waals surface area contributed by atoms with Crippen LogP contribution in [0.3, 0.4) is 0 Å². The summed E-state index contributed by atoms with van der Waals surface area (Å²) in [4.78, 5) is 10.6. The van der Waals surface area contributed by atoms with Gasteiger partial charge in [-0.1, -0.05) is 19.9 Å². The highest BCUT2D eigenvalue weighted by Crippen LogP contribution is 2.28. The van der Waals surface area contributed by atoms with Crippen molar-refractivity contribution in [3.8, 4) is 0 Å². The maximum atomic E-state index is 10.6. The van der Waals surface area contributed by atoms with Gasteiger partial charge in [-0.25, -0.2) is 0 Å². The Morgan fingerprint density at radius 3 is 2.77 bits per heavy atom. The number of allylic oxidation sites excluding steroid dienone is 1. The van der Waals surface area contributed by atoms with Crippen LogP contribution in [-0.4, -0.2) is 17.1 Å². The van der Waals surface area contributed by atoms with Gasteiger partial charge in [0.05, 0.1) is 0 Å². The molecule has 0 aromatic heterocycles. The zero-order valence-electron chi connectivity index (χ0n) is 8.16. The van der Waals surface area contributed by atoms with Crippen molar-refractivity contribution >= 4 is 5.97 Å². The van der Waals surface area contributed by atoms with Crippen molar-refractivity contribution in [1.29, 1.82) is 0 Å². The summed E-state index contributed by atoms with van der Waals surface area (Å²) in [6, 6.07) is -0.801. The van der Waals surface area contributed by atoms with Crippen LogP contribution in [0.2, 0.25) is 0 Å². The van der Waals surface area contributed by atoms with Crippen LogP contribution < -0.4 is 5.73 Å². The van der Waals surface area contributed by atoms with Crippen molar-refractivity contribution in [1.82, 2.24) is 0 Å². The predicted molar refractivity (Wildman–Crippen MR) is 51.3 cm³/mol. The molecular formula is C10H17NO2. The lowest BCUT2D eigenvalue weighted by molar-refractivity contribution is -0.137. The largest absolute Gasteiger partial charge is 0.480 e. The summed E-state index contributed by atoms with van der Waals surface area (Å²) in [5.41, 5.74) is 6.44. The van der Waals surface area contributed by atoms with Crippen molar-refractivity contribution in [2.45, 2.75) is 32.7 Å². The highest BCUT2D eigenvalue weighted by atomic mass is 16.4. The second kappa shape index (κ2) is 3.92. The van der Waals surface area contributed by atoms with Crippen molar-refractivity contribution in [2.75, 3.05) is 0 Å². The van der Waals surface area contributed by atoms with Gasteiger partial charge in [-0.3, -0.25) is 4.79 Å². The van der Waals surface area contributed by atoms with E-state index in [1.165, 1.54) is 0 Å². The zero-order chi connectivity index (χ0) is 10.0. The van der Waals surface area contributed by atoms with E-state index in [0.29, 0.717) is 11.8 Å². The van der Waals surface area contributed by atoms with Crippen LogP contribution in [0.5, 0.6) is 0 Å². The Balaban J connectivity index is 2.73. The number of aliphatic carboxylic acids is 1. The molecule has 3 heteroatoms. The minimum Gasteiger partial charge on any atom is -0.480 e. The number of nitrogens with two attached hydrogens (primary N) is 1. The monoisotopic (exact) mass is 183 g/mol. The Kier molecular flexibility index (Phi) is 3.09. The molecule has 0 radical (unpaired) electrons. The third kappa shape index (κ3) is 2.56. The lowest BCUT2D eigenvalue weighted by atomic mass is 9.82. The lowest BCUT2D eigenvalue weighted by Crippen LogP contribution is -2.34. The Hall–Kier alpha value is -0.830. The first-order valence-corrected chi connectivity index (χ1v) is 4.69. The summed E-state index contributed by atoms with van der Waals surface area (Å²) in [5.74, 6) is 0.0945. The SMILES string of the molecule is CC1C=C(C(N)C(=O)O)CC(C)C1. The van der Waals surface area contributed by atoms with Gasteiger partial charge in [0.25, 0.3) is 0 Å². The van der Waals surface area contributed by atoms with Gasteiger partial charge >= 0.3 is 5.97 Å². The quantitative estimate of drug-likeness (QED) is 0.636. The normalized spacial score (nSPS) is 30.8. The molecule has 74 valence electrons. The van der Waals surface area contributed by atoms with Gasteiger partial charge in [-0.15, -0.1) is 0 Å². The van der Waals surface area contributed by atoms with E-state index < -0.39 is 12.0 Å². The molecule has 13 heavy (non-hydrogen) atoms. The molecule has 3 atom stereocenters. The molecule has 1 aliphatic carbocycles. The van der Waals surface area contributed by atoms with Gasteiger partial charge in [0.1, 0.15) is 6.04 Å². The molecule has 0 saturated heterocycles. The molecule has 0 saturated carbocycles. The van der Waals surface area contributed by atoms with Gasteiger partial charge in [0, 0.05) is 0 Å². The van der Waals surface area contributed by atoms with E-state index >= 15 is 0 Å². The molecule has 3 nitrogen and oxygen atoms in total. The van der Waals surface area contributed by atoms with E-state index in [0.717, 1.165) is 18.4 Å². The Bertz CT molecular complexity index is 235. The summed E-state index contributed by atoms with van der Waals surface area (Å²) >= 11 is 0. The van der Waals surface area contributed by atoms with Gasteiger partial charge in [-0.2, -0.15) is 0 Å². The van der Waals surface area contributed by atoms with Crippen molar-refractivity contribution in [2.24, 2.45) is 17.6 Å². The number of hydrogen-bond donors (Lipinski definition) is 2. The summed E-state index contributed by atoms with van der Waals surface area (Å²) in [6.07, 6.45) is 3.98. The predicted octanol–water partition coefficient (Wildman–Crippen LogP) is 1.39. The molecule has 3 unspecified atom stereocenters. The highest BCUT2D eigenvalue weighted by molar-refractivity contribution is 5.77. The van der Waals surface area contributed by atoms with Gasteiger partial charge in [-0.05, 0) is 30.3 Å². The van der Waals surface area contributed by atoms with Crippen molar-refractivity contribution in [3.63, 3.8) is 0 Å². The minimum absolute atomic E-state index is 0.462. The minimum atomic E-state index is -0.924. The van der Waals surface area contributed by atoms with E-state index in [1.807, 2.05) is 6.08 Å². The molecule has 3 N–H and O–H groups in total. The molecule has 0 aromatic rings. The van der Waals surface area contributed by atoms with Crippen molar-refractivity contribution < 1.29 is 9.90 Å². The molecule has 0 bridgehead atoms. The first-order valence-electron chi connectivity index (χ1n) is 4.69. The molecule has 0 amide bonds. The topological polar surface area (TPSA) is 63.3 Å². The van der Waals surface area contributed by atoms with Crippen LogP contribution in [0.25, 0.3) is 0 Å². The molecule has 0 aliphatic heterocycles. The third-order valence-electron chi connectivity index (χ3n) is 2.52. The number of carboxylic acid groups (broad SMARTS) is 1. The number of carboxylic acids is 1. The first kappa shape index (κ1) is 10.3. The summed E-state index contributed by atoms with van der Waals surface area (Å²) in [7, 11) is 0. The zero-order valence-corrected chi connectivity index (χ0v) is 8.16. The number of rotatable bonds is 2. The fourth-order valence-corrected chi connectivity index (χ4v) is 2.01. The number of hydrogen-bond acceptors (Lipinski definition) is 2. The van der Waals surface area contributed by atoms with Crippen LogP contribution in [-0.2, 0) is 4.79 Å². The summed E-state index contributed by atoms with van der Waals surface area (Å²) in [6.45, 7) is 4.24. The molecule has 0 heterocycles. The van der Waals surface area contributed by atoms with E-state index in [-0.39, 0.29) is 0 Å². The third-order valence-corrected chi connectivity index (χ3v) is 2.52. The fraction of sp³-hybridized carbons (Fsp3) is 0.700. The standard InChI is InChI=1S/C10H17NO2/c1-6-3-7(2)5-8(4-6)9(11)10(12)13/h4,6-7,9H,3,5,11H2,1-2H3,(H,12,13). The Labute approximate surface area is 78.6 Å². The van der Waals surface area contributed by atoms with Crippen LogP contribution in [0.1, 0.15) is 26.7 Å². The Morgan fingerprint density at radius 2 is 2.31 bits per heavy atom. The fourth-order valence-electron chi connectivity index (χ4n) is 2.01. The summed E-state index contributed by atoms with van der Waals surface area (Å²) < 4.78 is 0. The molecule has 1 aliphatic rings. The van der Waals surface area contributed by atoms with E-state index in [4.69, 9.17) is 10.8 Å². The van der Waals surface area contributed by atoms with E-state index in [9.17, 15) is 4.79 Å². The maximum Gasteiger partial charge on any atom is 0.324 e. The second-order valence-corrected chi connectivity index (χ2v) is 4.08. The van der Waals surface area contributed by atoms with Crippen molar-refractivity contribution in [3.05, 3.63) is 11.6 Å². The van der Waals surface area contributed by atoms with Crippen LogP contribution in [0.15, 0.2) is 11.6 Å². The molecular weight excluding hydrogens is 166 g/mol. The maximum absolute atomic E-state index is 10.6. The van der Waals surface area contributed by atoms with Crippen LogP contribution in [0, 0.1) is 11.8 Å². The van der Waals surface area contributed by atoms with Crippen LogP contribution in [0.4, 0.5) is 0 Å². The Morgan fingerprint density at radius 1 is 1.69 bits per heavy atom. The lowest BCUT2D eigenvalue weighted by Gasteiger charge is -2.25. The second-order valence-electron chi connectivity index (χ2n) is 4.08. The molecule has 0 spiro atoms. The van der Waals surface area contributed by atoms with E-state index in [2.05, 4.69) is 13.8 Å². The molecule has 1 rings (SSSR count). The highest BCUT2D eigenvalue weighted by Gasteiger charge is 2.23. The van der Waals surface area contributed by atoms with Crippen LogP contribution >= 0.6 is 0 Å². The van der Waals surface area contributed by atoms with Gasteiger partial charge < -0.3 is 10.8 Å². The number of carbonyl (C=O) groups is 1. The molecule has 0 aromatic carbocycles. The average molecular weight is 183 g/mol. The smallest absolute Gasteiger partial charge is 0.324 e. The summed E-state index contributed by atoms with van der Waals surface area (Å²) in [5, 5.41) is 8.74.